The zero-order chi connectivity index (χ0) is 26.4. The number of halogens is 1. The molecule has 4 rings (SSSR count). The molecule has 37 heavy (non-hydrogen) atoms. The van der Waals surface area contributed by atoms with Gasteiger partial charge in [0.1, 0.15) is 6.04 Å². The van der Waals surface area contributed by atoms with E-state index in [0.29, 0.717) is 17.0 Å². The van der Waals surface area contributed by atoms with Gasteiger partial charge in [-0.25, -0.2) is 13.1 Å². The van der Waals surface area contributed by atoms with Gasteiger partial charge in [0.05, 0.1) is 4.90 Å². The van der Waals surface area contributed by atoms with Crippen molar-refractivity contribution in [3.63, 3.8) is 0 Å². The van der Waals surface area contributed by atoms with Crippen molar-refractivity contribution < 1.29 is 18.0 Å². The van der Waals surface area contributed by atoms with Gasteiger partial charge in [0.25, 0.3) is 0 Å². The van der Waals surface area contributed by atoms with E-state index in [1.165, 1.54) is 0 Å². The number of likely N-dealkylation sites (N-methyl/N-ethyl adjacent to an activating group) is 1. The number of amides is 2. The van der Waals surface area contributed by atoms with Crippen LogP contribution in [-0.4, -0.2) is 38.2 Å². The number of rotatable bonds is 11. The highest BCUT2D eigenvalue weighted by Gasteiger charge is 2.31. The van der Waals surface area contributed by atoms with E-state index in [1.54, 1.807) is 48.3 Å². The number of aryl methyl sites for hydroxylation is 1. The van der Waals surface area contributed by atoms with Crippen LogP contribution in [0.3, 0.4) is 0 Å². The molecular weight excluding hydrogens is 510 g/mol. The molecule has 0 unspecified atom stereocenters. The molecule has 0 saturated heterocycles. The minimum atomic E-state index is -3.53. The zero-order valence-corrected chi connectivity index (χ0v) is 22.1. The van der Waals surface area contributed by atoms with Crippen molar-refractivity contribution in [3.05, 3.63) is 101 Å². The Kier molecular flexibility index (Phi) is 8.63. The molecule has 1 saturated carbocycles. The number of benzene rings is 3. The van der Waals surface area contributed by atoms with Crippen LogP contribution >= 0.6 is 11.6 Å². The van der Waals surface area contributed by atoms with Gasteiger partial charge >= 0.3 is 0 Å². The normalized spacial score (nSPS) is 14.1. The van der Waals surface area contributed by atoms with E-state index in [1.807, 2.05) is 42.5 Å². The Morgan fingerprint density at radius 2 is 1.57 bits per heavy atom. The summed E-state index contributed by atoms with van der Waals surface area (Å²) in [4.78, 5) is 28.4. The van der Waals surface area contributed by atoms with Gasteiger partial charge in [-0.2, -0.15) is 0 Å². The number of carbonyl (C=O) groups is 2. The lowest BCUT2D eigenvalue weighted by Gasteiger charge is -2.31. The first-order chi connectivity index (χ1) is 17.8. The fourth-order valence-corrected chi connectivity index (χ4v) is 5.50. The lowest BCUT2D eigenvalue weighted by Crippen LogP contribution is -2.42. The second-order valence-corrected chi connectivity index (χ2v) is 11.3. The van der Waals surface area contributed by atoms with E-state index in [-0.39, 0.29) is 35.7 Å². The molecule has 1 aliphatic carbocycles. The summed E-state index contributed by atoms with van der Waals surface area (Å²) in [5.41, 5.74) is 2.39. The van der Waals surface area contributed by atoms with Crippen LogP contribution in [0.2, 0.25) is 5.02 Å². The molecule has 1 aliphatic rings. The Balaban J connectivity index is 1.53. The molecule has 3 aromatic rings. The Bertz CT molecular complexity index is 1330. The van der Waals surface area contributed by atoms with E-state index >= 15 is 0 Å². The van der Waals surface area contributed by atoms with Gasteiger partial charge in [-0.15, -0.1) is 0 Å². The minimum Gasteiger partial charge on any atom is -0.357 e. The first-order valence-electron chi connectivity index (χ1n) is 12.2. The van der Waals surface area contributed by atoms with Crippen molar-refractivity contribution in [1.29, 1.82) is 0 Å². The molecule has 0 heterocycles. The average Bonchev–Trinajstić information content (AvgIpc) is 3.72. The molecule has 0 aliphatic heterocycles. The smallest absolute Gasteiger partial charge is 0.247 e. The summed E-state index contributed by atoms with van der Waals surface area (Å²) >= 11 is 6.04. The number of nitrogens with zero attached hydrogens (tertiary/aromatic N) is 1. The third-order valence-corrected chi connectivity index (χ3v) is 8.06. The average molecular weight is 540 g/mol. The first kappa shape index (κ1) is 26.9. The second-order valence-electron chi connectivity index (χ2n) is 9.12. The highest BCUT2D eigenvalue weighted by Crippen LogP contribution is 2.26. The molecular formula is C28H30ClN3O4S. The Hall–Kier alpha value is -3.20. The Labute approximate surface area is 222 Å². The van der Waals surface area contributed by atoms with Crippen LogP contribution in [0.5, 0.6) is 0 Å². The van der Waals surface area contributed by atoms with Crippen LogP contribution in [0.4, 0.5) is 0 Å². The quantitative estimate of drug-likeness (QED) is 0.381. The predicted octanol–water partition coefficient (Wildman–Crippen LogP) is 4.23. The highest BCUT2D eigenvalue weighted by atomic mass is 35.5. The number of nitrogens with one attached hydrogen (secondary N) is 2. The van der Waals surface area contributed by atoms with Crippen molar-refractivity contribution >= 4 is 33.4 Å². The van der Waals surface area contributed by atoms with E-state index in [0.717, 1.165) is 24.0 Å². The summed E-state index contributed by atoms with van der Waals surface area (Å²) in [6.45, 7) is 0.229. The molecule has 194 valence electrons. The molecule has 1 fully saturated rings. The topological polar surface area (TPSA) is 95.6 Å². The van der Waals surface area contributed by atoms with Crippen LogP contribution < -0.4 is 10.0 Å². The summed E-state index contributed by atoms with van der Waals surface area (Å²) < 4.78 is 27.5. The fraction of sp³-hybridized carbons (Fsp3) is 0.286. The highest BCUT2D eigenvalue weighted by molar-refractivity contribution is 7.89. The number of hydrogen-bond donors (Lipinski definition) is 2. The molecule has 3 aromatic carbocycles. The zero-order valence-electron chi connectivity index (χ0n) is 20.6. The molecule has 0 radical (unpaired) electrons. The van der Waals surface area contributed by atoms with Crippen LogP contribution in [0.15, 0.2) is 83.8 Å². The minimum absolute atomic E-state index is 0.0341. The van der Waals surface area contributed by atoms with Gasteiger partial charge < -0.3 is 10.2 Å². The van der Waals surface area contributed by atoms with Crippen molar-refractivity contribution in [2.24, 2.45) is 0 Å². The summed E-state index contributed by atoms with van der Waals surface area (Å²) in [6.07, 6.45) is 2.29. The lowest BCUT2D eigenvalue weighted by atomic mass is 10.0. The maximum atomic E-state index is 13.6. The third kappa shape index (κ3) is 7.19. The lowest BCUT2D eigenvalue weighted by molar-refractivity contribution is -0.141. The van der Waals surface area contributed by atoms with Crippen molar-refractivity contribution in [3.8, 4) is 0 Å². The van der Waals surface area contributed by atoms with Crippen LogP contribution in [0.25, 0.3) is 0 Å². The molecule has 2 amide bonds. The molecule has 9 heteroatoms. The number of carbonyl (C=O) groups excluding carboxylic acids is 2. The Morgan fingerprint density at radius 1 is 0.946 bits per heavy atom. The third-order valence-electron chi connectivity index (χ3n) is 6.27. The van der Waals surface area contributed by atoms with Gasteiger partial charge in [-0.05, 0) is 60.2 Å². The second kappa shape index (κ2) is 11.9. The van der Waals surface area contributed by atoms with Gasteiger partial charge in [-0.3, -0.25) is 9.59 Å². The molecule has 2 N–H and O–H groups in total. The number of hydrogen-bond acceptors (Lipinski definition) is 4. The summed E-state index contributed by atoms with van der Waals surface area (Å²) in [6, 6.07) is 22.2. The SMILES string of the molecule is CNC(=O)[C@@H](c1ccccc1)N(Cc1ccc(Cl)cc1)C(=O)CCc1ccc(S(=O)(=O)NC2CC2)cc1. The van der Waals surface area contributed by atoms with Gasteiger partial charge in [0.2, 0.25) is 21.8 Å². The van der Waals surface area contributed by atoms with Crippen molar-refractivity contribution in [2.75, 3.05) is 7.05 Å². The van der Waals surface area contributed by atoms with E-state index in [4.69, 9.17) is 11.6 Å². The van der Waals surface area contributed by atoms with E-state index < -0.39 is 16.1 Å². The predicted molar refractivity (Wildman–Crippen MR) is 143 cm³/mol. The summed E-state index contributed by atoms with van der Waals surface area (Å²) in [5, 5.41) is 3.28. The molecule has 1 atom stereocenters. The molecule has 0 aromatic heterocycles. The van der Waals surface area contributed by atoms with E-state index in [9.17, 15) is 18.0 Å². The Morgan fingerprint density at radius 3 is 2.16 bits per heavy atom. The number of sulfonamides is 1. The molecule has 7 nitrogen and oxygen atoms in total. The van der Waals surface area contributed by atoms with E-state index in [2.05, 4.69) is 10.0 Å². The molecule has 0 bridgehead atoms. The monoisotopic (exact) mass is 539 g/mol. The summed E-state index contributed by atoms with van der Waals surface area (Å²) in [7, 11) is -1.98. The first-order valence-corrected chi connectivity index (χ1v) is 14.0. The fourth-order valence-electron chi connectivity index (χ4n) is 4.07. The maximum absolute atomic E-state index is 13.6. The van der Waals surface area contributed by atoms with Crippen LogP contribution in [0, 0.1) is 0 Å². The van der Waals surface area contributed by atoms with Gasteiger partial charge in [0.15, 0.2) is 0 Å². The summed E-state index contributed by atoms with van der Waals surface area (Å²) in [5.74, 6) is -0.481. The van der Waals surface area contributed by atoms with Crippen molar-refractivity contribution in [1.82, 2.24) is 14.9 Å². The molecule has 0 spiro atoms. The maximum Gasteiger partial charge on any atom is 0.247 e. The standard InChI is InChI=1S/C28H30ClN3O4S/c1-30-28(34)27(22-5-3-2-4-6-22)32(19-21-7-12-23(29)13-8-21)26(33)18-11-20-9-16-25(17-10-20)37(35,36)31-24-14-15-24/h2-10,12-13,16-17,24,27,31H,11,14-15,18-19H2,1H3,(H,30,34)/t27-/m1/s1. The van der Waals surface area contributed by atoms with Gasteiger partial charge in [-0.1, -0.05) is 66.2 Å². The van der Waals surface area contributed by atoms with Crippen LogP contribution in [-0.2, 0) is 32.6 Å². The van der Waals surface area contributed by atoms with Crippen LogP contribution in [0.1, 0.15) is 42.0 Å². The largest absolute Gasteiger partial charge is 0.357 e. The van der Waals surface area contributed by atoms with Crippen molar-refractivity contribution in [2.45, 2.75) is 49.2 Å². The van der Waals surface area contributed by atoms with Gasteiger partial charge in [0, 0.05) is 31.1 Å².